The van der Waals surface area contributed by atoms with E-state index in [1.807, 2.05) is 13.0 Å². The fourth-order valence-electron chi connectivity index (χ4n) is 1.56. The molecule has 16 heavy (non-hydrogen) atoms. The van der Waals surface area contributed by atoms with Gasteiger partial charge in [0, 0.05) is 35.4 Å². The highest BCUT2D eigenvalue weighted by Gasteiger charge is 2.22. The van der Waals surface area contributed by atoms with E-state index >= 15 is 0 Å². The van der Waals surface area contributed by atoms with Crippen LogP contribution >= 0.6 is 27.3 Å². The van der Waals surface area contributed by atoms with E-state index in [0.29, 0.717) is 24.6 Å². The zero-order valence-electron chi connectivity index (χ0n) is 8.86. The summed E-state index contributed by atoms with van der Waals surface area (Å²) in [4.78, 5) is 14.6. The topological polar surface area (TPSA) is 37.4 Å². The molecule has 0 aliphatic carbocycles. The van der Waals surface area contributed by atoms with Crippen LogP contribution < -0.4 is 0 Å². The summed E-state index contributed by atoms with van der Waals surface area (Å²) in [5.74, 6) is 1.28. The molecule has 0 aromatic carbocycles. The summed E-state index contributed by atoms with van der Waals surface area (Å²) >= 11 is 4.88. The summed E-state index contributed by atoms with van der Waals surface area (Å²) in [5, 5.41) is 0. The molecule has 1 aromatic heterocycles. The Labute approximate surface area is 109 Å². The molecule has 2 heterocycles. The molecular formula is C10H12BrNO2S2. The lowest BCUT2D eigenvalue weighted by atomic mass is 10.3. The van der Waals surface area contributed by atoms with Gasteiger partial charge in [-0.25, -0.2) is 0 Å². The molecule has 1 aromatic rings. The van der Waals surface area contributed by atoms with Gasteiger partial charge in [0.1, 0.15) is 0 Å². The van der Waals surface area contributed by atoms with Crippen LogP contribution in [0.2, 0.25) is 0 Å². The summed E-state index contributed by atoms with van der Waals surface area (Å²) in [7, 11) is -0.733. The van der Waals surface area contributed by atoms with Gasteiger partial charge in [-0.05, 0) is 34.5 Å². The molecule has 1 amide bonds. The molecule has 1 saturated heterocycles. The number of carbonyl (C=O) groups excluding carboxylic acids is 1. The Hall–Kier alpha value is -0.200. The number of hydrogen-bond acceptors (Lipinski definition) is 3. The zero-order valence-corrected chi connectivity index (χ0v) is 12.1. The predicted molar refractivity (Wildman–Crippen MR) is 70.5 cm³/mol. The van der Waals surface area contributed by atoms with E-state index in [1.54, 1.807) is 4.90 Å². The molecule has 3 nitrogen and oxygen atoms in total. The monoisotopic (exact) mass is 321 g/mol. The van der Waals surface area contributed by atoms with E-state index in [1.165, 1.54) is 11.3 Å². The van der Waals surface area contributed by atoms with Gasteiger partial charge in [-0.2, -0.15) is 0 Å². The Morgan fingerprint density at radius 1 is 1.50 bits per heavy atom. The van der Waals surface area contributed by atoms with Crippen molar-refractivity contribution >= 4 is 44.0 Å². The molecular weight excluding hydrogens is 310 g/mol. The van der Waals surface area contributed by atoms with E-state index in [2.05, 4.69) is 15.9 Å². The maximum absolute atomic E-state index is 12.1. The van der Waals surface area contributed by atoms with Gasteiger partial charge >= 0.3 is 0 Å². The minimum atomic E-state index is -0.733. The van der Waals surface area contributed by atoms with Crippen LogP contribution in [0.3, 0.4) is 0 Å². The molecule has 0 N–H and O–H groups in total. The van der Waals surface area contributed by atoms with Gasteiger partial charge in [0.15, 0.2) is 0 Å². The molecule has 1 aliphatic rings. The first-order valence-corrected chi connectivity index (χ1v) is 8.08. The highest BCUT2D eigenvalue weighted by molar-refractivity contribution is 9.11. The summed E-state index contributed by atoms with van der Waals surface area (Å²) < 4.78 is 12.2. The molecule has 0 saturated carbocycles. The molecule has 1 fully saturated rings. The highest BCUT2D eigenvalue weighted by Crippen LogP contribution is 2.28. The van der Waals surface area contributed by atoms with E-state index in [0.717, 1.165) is 14.2 Å². The molecule has 0 spiro atoms. The third-order valence-corrected chi connectivity index (χ3v) is 5.93. The van der Waals surface area contributed by atoms with Crippen LogP contribution in [0.1, 0.15) is 15.2 Å². The van der Waals surface area contributed by atoms with Crippen molar-refractivity contribution in [3.8, 4) is 0 Å². The van der Waals surface area contributed by atoms with Crippen LogP contribution in [-0.4, -0.2) is 39.6 Å². The van der Waals surface area contributed by atoms with Gasteiger partial charge in [0.05, 0.1) is 8.66 Å². The Kier molecular flexibility index (Phi) is 3.81. The van der Waals surface area contributed by atoms with Gasteiger partial charge in [-0.1, -0.05) is 0 Å². The first-order valence-electron chi connectivity index (χ1n) is 4.98. The molecule has 0 radical (unpaired) electrons. The van der Waals surface area contributed by atoms with Crippen LogP contribution in [-0.2, 0) is 10.8 Å². The van der Waals surface area contributed by atoms with Crippen molar-refractivity contribution in [3.63, 3.8) is 0 Å². The van der Waals surface area contributed by atoms with Crippen LogP contribution in [0.15, 0.2) is 9.85 Å². The maximum atomic E-state index is 12.1. The second kappa shape index (κ2) is 4.98. The number of hydrogen-bond donors (Lipinski definition) is 0. The molecule has 1 aliphatic heterocycles. The maximum Gasteiger partial charge on any atom is 0.264 e. The number of carbonyl (C=O) groups is 1. The first kappa shape index (κ1) is 12.3. The Morgan fingerprint density at radius 2 is 2.12 bits per heavy atom. The Balaban J connectivity index is 2.10. The average Bonchev–Trinajstić information content (AvgIpc) is 2.59. The summed E-state index contributed by atoms with van der Waals surface area (Å²) in [6.07, 6.45) is 0. The van der Waals surface area contributed by atoms with E-state index < -0.39 is 10.8 Å². The predicted octanol–water partition coefficient (Wildman–Crippen LogP) is 2.02. The van der Waals surface area contributed by atoms with Crippen LogP contribution in [0.4, 0.5) is 0 Å². The lowest BCUT2D eigenvalue weighted by molar-refractivity contribution is 0.0776. The fraction of sp³-hybridized carbons (Fsp3) is 0.500. The summed E-state index contributed by atoms with van der Waals surface area (Å²) in [6.45, 7) is 3.20. The molecule has 0 unspecified atom stereocenters. The van der Waals surface area contributed by atoms with Crippen molar-refractivity contribution in [2.45, 2.75) is 6.92 Å². The van der Waals surface area contributed by atoms with E-state index in [4.69, 9.17) is 0 Å². The minimum absolute atomic E-state index is 0.0653. The second-order valence-electron chi connectivity index (χ2n) is 3.71. The quantitative estimate of drug-likeness (QED) is 0.793. The van der Waals surface area contributed by atoms with Gasteiger partial charge in [-0.3, -0.25) is 9.00 Å². The van der Waals surface area contributed by atoms with Crippen LogP contribution in [0.25, 0.3) is 0 Å². The van der Waals surface area contributed by atoms with Crippen molar-refractivity contribution in [2.24, 2.45) is 0 Å². The SMILES string of the molecule is Cc1cc(C(=O)N2CCS(=O)CC2)sc1Br. The van der Waals surface area contributed by atoms with Crippen LogP contribution in [0, 0.1) is 6.92 Å². The molecule has 0 bridgehead atoms. The normalized spacial score (nSPS) is 17.8. The van der Waals surface area contributed by atoms with Gasteiger partial charge in [0.25, 0.3) is 5.91 Å². The second-order valence-corrected chi connectivity index (χ2v) is 7.77. The van der Waals surface area contributed by atoms with Gasteiger partial charge in [0.2, 0.25) is 0 Å². The third-order valence-electron chi connectivity index (χ3n) is 2.53. The number of nitrogens with zero attached hydrogens (tertiary/aromatic N) is 1. The number of rotatable bonds is 1. The van der Waals surface area contributed by atoms with Crippen LogP contribution in [0.5, 0.6) is 0 Å². The number of amides is 1. The Bertz CT molecular complexity index is 415. The summed E-state index contributed by atoms with van der Waals surface area (Å²) in [6, 6.07) is 1.91. The number of halogens is 1. The number of aryl methyl sites for hydroxylation is 1. The molecule has 6 heteroatoms. The largest absolute Gasteiger partial charge is 0.336 e. The smallest absolute Gasteiger partial charge is 0.264 e. The fourth-order valence-corrected chi connectivity index (χ4v) is 4.12. The minimum Gasteiger partial charge on any atom is -0.336 e. The van der Waals surface area contributed by atoms with Crippen molar-refractivity contribution in [3.05, 3.63) is 20.3 Å². The molecule has 0 atom stereocenters. The van der Waals surface area contributed by atoms with Crippen molar-refractivity contribution in [1.82, 2.24) is 4.90 Å². The number of thiophene rings is 1. The average molecular weight is 322 g/mol. The first-order chi connectivity index (χ1) is 7.58. The lowest BCUT2D eigenvalue weighted by Gasteiger charge is -2.25. The van der Waals surface area contributed by atoms with Crippen molar-refractivity contribution < 1.29 is 9.00 Å². The van der Waals surface area contributed by atoms with Crippen molar-refractivity contribution in [2.75, 3.05) is 24.6 Å². The van der Waals surface area contributed by atoms with Crippen molar-refractivity contribution in [1.29, 1.82) is 0 Å². The molecule has 88 valence electrons. The Morgan fingerprint density at radius 3 is 2.62 bits per heavy atom. The highest BCUT2D eigenvalue weighted by atomic mass is 79.9. The third kappa shape index (κ3) is 2.55. The van der Waals surface area contributed by atoms with E-state index in [-0.39, 0.29) is 5.91 Å². The zero-order chi connectivity index (χ0) is 11.7. The standard InChI is InChI=1S/C10H12BrNO2S2/c1-7-6-8(15-9(7)11)10(13)12-2-4-16(14)5-3-12/h6H,2-5H2,1H3. The van der Waals surface area contributed by atoms with Gasteiger partial charge in [-0.15, -0.1) is 11.3 Å². The summed E-state index contributed by atoms with van der Waals surface area (Å²) in [5.41, 5.74) is 1.09. The molecule has 2 rings (SSSR count). The lowest BCUT2D eigenvalue weighted by Crippen LogP contribution is -2.41. The van der Waals surface area contributed by atoms with E-state index in [9.17, 15) is 9.00 Å². The van der Waals surface area contributed by atoms with Gasteiger partial charge < -0.3 is 4.90 Å².